The summed E-state index contributed by atoms with van der Waals surface area (Å²) in [7, 11) is 1.64. The predicted molar refractivity (Wildman–Crippen MR) is 121 cm³/mol. The van der Waals surface area contributed by atoms with Crippen molar-refractivity contribution in [3.63, 3.8) is 0 Å². The zero-order valence-electron chi connectivity index (χ0n) is 16.7. The minimum atomic E-state index is -0.960. The van der Waals surface area contributed by atoms with Crippen LogP contribution in [0.25, 0.3) is 21.5 Å². The van der Waals surface area contributed by atoms with Crippen LogP contribution in [0.3, 0.4) is 0 Å². The second-order valence-corrected chi connectivity index (χ2v) is 9.73. The lowest BCUT2D eigenvalue weighted by Crippen LogP contribution is -2.21. The van der Waals surface area contributed by atoms with Crippen molar-refractivity contribution in [2.75, 3.05) is 11.1 Å². The van der Waals surface area contributed by atoms with Gasteiger partial charge in [0.05, 0.1) is 16.8 Å². The van der Waals surface area contributed by atoms with Crippen LogP contribution in [0.1, 0.15) is 10.4 Å². The number of hydrogen-bond donors (Lipinski definition) is 1. The molecule has 31 heavy (non-hydrogen) atoms. The van der Waals surface area contributed by atoms with Gasteiger partial charge in [-0.3, -0.25) is 14.2 Å². The number of carbonyl (C=O) groups excluding carboxylic acids is 1. The number of thiazole rings is 1. The molecule has 1 N–H and O–H groups in total. The van der Waals surface area contributed by atoms with Crippen molar-refractivity contribution >= 4 is 55.7 Å². The number of rotatable bonds is 5. The van der Waals surface area contributed by atoms with E-state index in [4.69, 9.17) is 0 Å². The van der Waals surface area contributed by atoms with Crippen molar-refractivity contribution in [1.29, 1.82) is 0 Å². The van der Waals surface area contributed by atoms with E-state index in [2.05, 4.69) is 15.3 Å². The third-order valence-corrected chi connectivity index (χ3v) is 7.56. The third kappa shape index (κ3) is 4.25. The van der Waals surface area contributed by atoms with Gasteiger partial charge in [-0.25, -0.2) is 18.7 Å². The average molecular weight is 479 g/mol. The van der Waals surface area contributed by atoms with Gasteiger partial charge in [-0.15, -0.1) is 22.7 Å². The van der Waals surface area contributed by atoms with E-state index in [1.807, 2.05) is 13.8 Å². The highest BCUT2D eigenvalue weighted by Crippen LogP contribution is 2.29. The highest BCUT2D eigenvalue weighted by atomic mass is 32.2. The first-order chi connectivity index (χ1) is 14.7. The van der Waals surface area contributed by atoms with Crippen LogP contribution in [0, 0.1) is 25.5 Å². The van der Waals surface area contributed by atoms with Gasteiger partial charge in [-0.05, 0) is 37.6 Å². The maximum atomic E-state index is 13.4. The molecule has 0 spiro atoms. The molecule has 0 atom stereocenters. The molecule has 6 nitrogen and oxygen atoms in total. The molecular formula is C20H16F2N4O2S3. The highest BCUT2D eigenvalue weighted by Gasteiger charge is 2.16. The van der Waals surface area contributed by atoms with Gasteiger partial charge >= 0.3 is 0 Å². The topological polar surface area (TPSA) is 76.9 Å². The van der Waals surface area contributed by atoms with Crippen molar-refractivity contribution in [3.05, 3.63) is 56.0 Å². The van der Waals surface area contributed by atoms with Gasteiger partial charge < -0.3 is 5.32 Å². The lowest BCUT2D eigenvalue weighted by atomic mass is 10.2. The molecule has 0 saturated heterocycles. The molecule has 0 unspecified atom stereocenters. The monoisotopic (exact) mass is 478 g/mol. The zero-order chi connectivity index (χ0) is 22.3. The molecule has 160 valence electrons. The van der Waals surface area contributed by atoms with E-state index in [0.29, 0.717) is 31.8 Å². The Hall–Kier alpha value is -2.63. The van der Waals surface area contributed by atoms with E-state index < -0.39 is 11.6 Å². The predicted octanol–water partition coefficient (Wildman–Crippen LogP) is 4.74. The number of hydrogen-bond acceptors (Lipinski definition) is 7. The summed E-state index contributed by atoms with van der Waals surface area (Å²) in [6.07, 6.45) is 0. The zero-order valence-corrected chi connectivity index (χ0v) is 19.1. The van der Waals surface area contributed by atoms with Gasteiger partial charge in [-0.2, -0.15) is 0 Å². The smallest absolute Gasteiger partial charge is 0.262 e. The molecule has 0 fully saturated rings. The summed E-state index contributed by atoms with van der Waals surface area (Å²) in [6, 6.07) is 3.51. The number of nitrogens with zero attached hydrogens (tertiary/aromatic N) is 3. The molecule has 0 aliphatic heterocycles. The third-order valence-electron chi connectivity index (χ3n) is 4.67. The summed E-state index contributed by atoms with van der Waals surface area (Å²) in [5.74, 6) is -2.17. The first-order valence-electron chi connectivity index (χ1n) is 9.05. The van der Waals surface area contributed by atoms with Crippen LogP contribution >= 0.6 is 34.4 Å². The number of aromatic nitrogens is 3. The first kappa shape index (κ1) is 21.6. The Morgan fingerprint density at radius 2 is 2.00 bits per heavy atom. The molecule has 0 saturated carbocycles. The van der Waals surface area contributed by atoms with Crippen LogP contribution in [-0.4, -0.2) is 26.2 Å². The van der Waals surface area contributed by atoms with Crippen molar-refractivity contribution in [2.45, 2.75) is 19.0 Å². The van der Waals surface area contributed by atoms with E-state index in [0.717, 1.165) is 34.3 Å². The maximum absolute atomic E-state index is 13.4. The second kappa shape index (κ2) is 8.48. The molecule has 0 aliphatic carbocycles. The fraction of sp³-hybridized carbons (Fsp3) is 0.200. The van der Waals surface area contributed by atoms with Gasteiger partial charge in [0, 0.05) is 22.9 Å². The van der Waals surface area contributed by atoms with Crippen LogP contribution in [0.15, 0.2) is 33.5 Å². The van der Waals surface area contributed by atoms with Crippen molar-refractivity contribution < 1.29 is 13.6 Å². The molecule has 1 amide bonds. The van der Waals surface area contributed by atoms with Crippen LogP contribution in [-0.2, 0) is 11.8 Å². The minimum absolute atomic E-state index is 0.0369. The summed E-state index contributed by atoms with van der Waals surface area (Å²) in [5, 5.41) is 5.74. The number of anilines is 1. The molecule has 0 bridgehead atoms. The van der Waals surface area contributed by atoms with E-state index in [1.165, 1.54) is 33.3 Å². The van der Waals surface area contributed by atoms with Gasteiger partial charge in [0.15, 0.2) is 21.9 Å². The van der Waals surface area contributed by atoms with Crippen molar-refractivity contribution in [2.24, 2.45) is 7.05 Å². The van der Waals surface area contributed by atoms with Gasteiger partial charge in [0.1, 0.15) is 4.83 Å². The summed E-state index contributed by atoms with van der Waals surface area (Å²) >= 11 is 3.79. The number of halogens is 2. The standard InChI is InChI=1S/C20H16F2N4O2S3/c1-9-10(2)31-17-16(9)18(28)26(3)20(25-17)30-8-15(27)24-19-23-14(7-29-19)11-4-5-12(21)13(22)6-11/h4-7H,8H2,1-3H3,(H,23,24,27). The number of aryl methyl sites for hydroxylation is 2. The van der Waals surface area contributed by atoms with Gasteiger partial charge in [-0.1, -0.05) is 11.8 Å². The molecule has 11 heteroatoms. The Bertz CT molecular complexity index is 1380. The first-order valence-corrected chi connectivity index (χ1v) is 11.7. The second-order valence-electron chi connectivity index (χ2n) is 6.73. The normalized spacial score (nSPS) is 11.3. The molecule has 1 aromatic carbocycles. The van der Waals surface area contributed by atoms with E-state index in [-0.39, 0.29) is 17.2 Å². The molecule has 0 aliphatic rings. The molecule has 0 radical (unpaired) electrons. The van der Waals surface area contributed by atoms with E-state index in [1.54, 1.807) is 12.4 Å². The largest absolute Gasteiger partial charge is 0.301 e. The Labute approximate surface area is 188 Å². The number of carbonyl (C=O) groups is 1. The summed E-state index contributed by atoms with van der Waals surface area (Å²) in [5.41, 5.74) is 1.65. The summed E-state index contributed by atoms with van der Waals surface area (Å²) in [4.78, 5) is 35.5. The number of fused-ring (bicyclic) bond motifs is 1. The lowest BCUT2D eigenvalue weighted by molar-refractivity contribution is -0.113. The SMILES string of the molecule is Cc1sc2nc(SCC(=O)Nc3nc(-c4ccc(F)c(F)c4)cs3)n(C)c(=O)c2c1C. The van der Waals surface area contributed by atoms with Crippen molar-refractivity contribution in [1.82, 2.24) is 14.5 Å². The molecule has 3 aromatic heterocycles. The van der Waals surface area contributed by atoms with Crippen LogP contribution < -0.4 is 10.9 Å². The van der Waals surface area contributed by atoms with E-state index in [9.17, 15) is 18.4 Å². The van der Waals surface area contributed by atoms with Crippen LogP contribution in [0.5, 0.6) is 0 Å². The number of nitrogens with one attached hydrogen (secondary N) is 1. The quantitative estimate of drug-likeness (QED) is 0.331. The maximum Gasteiger partial charge on any atom is 0.262 e. The van der Waals surface area contributed by atoms with Crippen LogP contribution in [0.4, 0.5) is 13.9 Å². The minimum Gasteiger partial charge on any atom is -0.301 e. The van der Waals surface area contributed by atoms with Gasteiger partial charge in [0.25, 0.3) is 5.56 Å². The van der Waals surface area contributed by atoms with Crippen molar-refractivity contribution in [3.8, 4) is 11.3 Å². The number of thioether (sulfide) groups is 1. The summed E-state index contributed by atoms with van der Waals surface area (Å²) < 4.78 is 28.0. The Balaban J connectivity index is 1.45. The fourth-order valence-electron chi connectivity index (χ4n) is 2.89. The fourth-order valence-corrected chi connectivity index (χ4v) is 5.47. The molecule has 4 aromatic rings. The Kier molecular flexibility index (Phi) is 5.91. The Morgan fingerprint density at radius 3 is 2.74 bits per heavy atom. The molecule has 4 rings (SSSR count). The number of amides is 1. The highest BCUT2D eigenvalue weighted by molar-refractivity contribution is 7.99. The lowest BCUT2D eigenvalue weighted by Gasteiger charge is -2.07. The van der Waals surface area contributed by atoms with Gasteiger partial charge in [0.2, 0.25) is 5.91 Å². The Morgan fingerprint density at radius 1 is 1.23 bits per heavy atom. The molecular weight excluding hydrogens is 462 g/mol. The number of benzene rings is 1. The number of thiophene rings is 1. The van der Waals surface area contributed by atoms with Crippen LogP contribution in [0.2, 0.25) is 0 Å². The molecule has 3 heterocycles. The van der Waals surface area contributed by atoms with E-state index >= 15 is 0 Å². The summed E-state index contributed by atoms with van der Waals surface area (Å²) in [6.45, 7) is 3.85. The average Bonchev–Trinajstić information content (AvgIpc) is 3.30.